The van der Waals surface area contributed by atoms with Gasteiger partial charge in [-0.2, -0.15) is 4.31 Å². The van der Waals surface area contributed by atoms with Gasteiger partial charge in [0.25, 0.3) is 0 Å². The van der Waals surface area contributed by atoms with E-state index in [1.54, 1.807) is 10.4 Å². The first-order valence-corrected chi connectivity index (χ1v) is 9.44. The minimum Gasteiger partial charge on any atom is -0.316 e. The van der Waals surface area contributed by atoms with Crippen LogP contribution in [0.15, 0.2) is 21.5 Å². The lowest BCUT2D eigenvalue weighted by atomic mass is 10.0. The maximum absolute atomic E-state index is 12.9. The molecule has 1 aliphatic heterocycles. The van der Waals surface area contributed by atoms with Crippen LogP contribution in [-0.4, -0.2) is 32.9 Å². The highest BCUT2D eigenvalue weighted by Crippen LogP contribution is 2.32. The molecule has 0 bridgehead atoms. The Labute approximate surface area is 136 Å². The summed E-state index contributed by atoms with van der Waals surface area (Å²) in [6.07, 6.45) is 0. The summed E-state index contributed by atoms with van der Waals surface area (Å²) < 4.78 is 28.3. The van der Waals surface area contributed by atoms with Crippen LogP contribution >= 0.6 is 15.9 Å². The fourth-order valence-corrected chi connectivity index (χ4v) is 5.27. The molecule has 0 radical (unpaired) electrons. The third kappa shape index (κ3) is 3.33. The third-order valence-electron chi connectivity index (χ3n) is 4.31. The molecule has 21 heavy (non-hydrogen) atoms. The van der Waals surface area contributed by atoms with Crippen LogP contribution in [0, 0.1) is 18.8 Å². The van der Waals surface area contributed by atoms with Crippen LogP contribution in [0.3, 0.4) is 0 Å². The Balaban J connectivity index is 2.45. The first-order valence-electron chi connectivity index (χ1n) is 7.21. The van der Waals surface area contributed by atoms with Crippen LogP contribution in [-0.2, 0) is 16.6 Å². The minimum absolute atomic E-state index is 0.406. The van der Waals surface area contributed by atoms with Crippen LogP contribution in [0.4, 0.5) is 0 Å². The van der Waals surface area contributed by atoms with Gasteiger partial charge >= 0.3 is 0 Å². The fraction of sp³-hybridized carbons (Fsp3) is 0.600. The molecule has 2 atom stereocenters. The maximum atomic E-state index is 12.9. The topological polar surface area (TPSA) is 49.4 Å². The van der Waals surface area contributed by atoms with E-state index in [1.807, 2.05) is 20.0 Å². The van der Waals surface area contributed by atoms with E-state index >= 15 is 0 Å². The predicted octanol–water partition coefficient (Wildman–Crippen LogP) is 2.75. The second-order valence-electron chi connectivity index (χ2n) is 6.01. The Morgan fingerprint density at radius 2 is 1.86 bits per heavy atom. The zero-order valence-electron chi connectivity index (χ0n) is 13.0. The lowest BCUT2D eigenvalue weighted by molar-refractivity contribution is 0.462. The quantitative estimate of drug-likeness (QED) is 0.881. The number of hydrogen-bond donors (Lipinski definition) is 1. The average Bonchev–Trinajstić information content (AvgIpc) is 2.74. The van der Waals surface area contributed by atoms with E-state index < -0.39 is 10.0 Å². The number of sulfonamides is 1. The van der Waals surface area contributed by atoms with Crippen LogP contribution in [0.2, 0.25) is 0 Å². The van der Waals surface area contributed by atoms with Gasteiger partial charge in [0.1, 0.15) is 0 Å². The highest BCUT2D eigenvalue weighted by molar-refractivity contribution is 9.10. The lowest BCUT2D eigenvalue weighted by Crippen LogP contribution is -2.30. The van der Waals surface area contributed by atoms with Crippen molar-refractivity contribution in [3.05, 3.63) is 27.7 Å². The standard InChI is InChI=1S/C15H23BrN2O2S/c1-10-8-18(9-11(10)2)21(19,20)15-6-13(7-17-4)5-14(16)12(15)3/h5-6,10-11,17H,7-9H2,1-4H3. The molecule has 1 fully saturated rings. The SMILES string of the molecule is CNCc1cc(Br)c(C)c(S(=O)(=O)N2CC(C)C(C)C2)c1. The van der Waals surface area contributed by atoms with Gasteiger partial charge in [0.05, 0.1) is 4.90 Å². The average molecular weight is 375 g/mol. The molecule has 1 aromatic carbocycles. The van der Waals surface area contributed by atoms with Gasteiger partial charge in [-0.15, -0.1) is 0 Å². The van der Waals surface area contributed by atoms with Gasteiger partial charge in [-0.25, -0.2) is 8.42 Å². The minimum atomic E-state index is -3.42. The van der Waals surface area contributed by atoms with Crippen LogP contribution in [0.5, 0.6) is 0 Å². The summed E-state index contributed by atoms with van der Waals surface area (Å²) >= 11 is 3.48. The molecule has 118 valence electrons. The molecule has 0 spiro atoms. The molecule has 1 N–H and O–H groups in total. The summed E-state index contributed by atoms with van der Waals surface area (Å²) in [4.78, 5) is 0.420. The zero-order chi connectivity index (χ0) is 15.8. The summed E-state index contributed by atoms with van der Waals surface area (Å²) in [6, 6.07) is 3.76. The third-order valence-corrected chi connectivity index (χ3v) is 7.09. The summed E-state index contributed by atoms with van der Waals surface area (Å²) in [6.45, 7) is 7.94. The van der Waals surface area contributed by atoms with Crippen LogP contribution in [0.25, 0.3) is 0 Å². The summed E-state index contributed by atoms with van der Waals surface area (Å²) in [7, 11) is -1.57. The Morgan fingerprint density at radius 1 is 1.29 bits per heavy atom. The Hall–Kier alpha value is -0.430. The highest BCUT2D eigenvalue weighted by atomic mass is 79.9. The van der Waals surface area contributed by atoms with Crippen molar-refractivity contribution in [2.24, 2.45) is 11.8 Å². The molecule has 4 nitrogen and oxygen atoms in total. The van der Waals surface area contributed by atoms with Crippen LogP contribution < -0.4 is 5.32 Å². The predicted molar refractivity (Wildman–Crippen MR) is 88.7 cm³/mol. The Kier molecular flexibility index (Phi) is 5.13. The summed E-state index contributed by atoms with van der Waals surface area (Å²) in [5, 5.41) is 3.06. The molecule has 0 aliphatic carbocycles. The molecule has 0 amide bonds. The smallest absolute Gasteiger partial charge is 0.243 e. The molecular weight excluding hydrogens is 352 g/mol. The summed E-state index contributed by atoms with van der Waals surface area (Å²) in [5.74, 6) is 0.813. The highest BCUT2D eigenvalue weighted by Gasteiger charge is 2.36. The van der Waals surface area contributed by atoms with Crippen molar-refractivity contribution >= 4 is 26.0 Å². The van der Waals surface area contributed by atoms with Crippen molar-refractivity contribution in [2.75, 3.05) is 20.1 Å². The molecule has 1 aromatic rings. The van der Waals surface area contributed by atoms with Crippen molar-refractivity contribution in [1.29, 1.82) is 0 Å². The number of hydrogen-bond acceptors (Lipinski definition) is 3. The van der Waals surface area contributed by atoms with E-state index in [2.05, 4.69) is 35.1 Å². The van der Waals surface area contributed by atoms with Crippen molar-refractivity contribution in [3.8, 4) is 0 Å². The Morgan fingerprint density at radius 3 is 2.38 bits per heavy atom. The number of nitrogens with one attached hydrogen (secondary N) is 1. The van der Waals surface area contributed by atoms with Gasteiger partial charge in [-0.1, -0.05) is 29.8 Å². The van der Waals surface area contributed by atoms with Gasteiger partial charge in [-0.3, -0.25) is 0 Å². The molecule has 1 saturated heterocycles. The van der Waals surface area contributed by atoms with Crippen molar-refractivity contribution in [3.63, 3.8) is 0 Å². The molecule has 2 unspecified atom stereocenters. The van der Waals surface area contributed by atoms with E-state index in [9.17, 15) is 8.42 Å². The number of benzene rings is 1. The monoisotopic (exact) mass is 374 g/mol. The van der Waals surface area contributed by atoms with E-state index in [0.29, 0.717) is 36.4 Å². The van der Waals surface area contributed by atoms with Crippen molar-refractivity contribution < 1.29 is 8.42 Å². The fourth-order valence-electron chi connectivity index (χ4n) is 2.69. The molecule has 0 saturated carbocycles. The second-order valence-corrected chi connectivity index (χ2v) is 8.77. The first kappa shape index (κ1) is 16.9. The molecule has 6 heteroatoms. The molecular formula is C15H23BrN2O2S. The molecule has 2 rings (SSSR count). The van der Waals surface area contributed by atoms with Gasteiger partial charge in [0, 0.05) is 24.1 Å². The number of rotatable bonds is 4. The molecule has 1 heterocycles. The second kappa shape index (κ2) is 6.36. The first-order chi connectivity index (χ1) is 9.77. The summed E-state index contributed by atoms with van der Waals surface area (Å²) in [5.41, 5.74) is 1.75. The van der Waals surface area contributed by atoms with Crippen molar-refractivity contribution in [1.82, 2.24) is 9.62 Å². The lowest BCUT2D eigenvalue weighted by Gasteiger charge is -2.19. The molecule has 1 aliphatic rings. The van der Waals surface area contributed by atoms with Crippen molar-refractivity contribution in [2.45, 2.75) is 32.2 Å². The zero-order valence-corrected chi connectivity index (χ0v) is 15.4. The van der Waals surface area contributed by atoms with E-state index in [4.69, 9.17) is 0 Å². The molecule has 0 aromatic heterocycles. The van der Waals surface area contributed by atoms with Gasteiger partial charge in [0.2, 0.25) is 10.0 Å². The van der Waals surface area contributed by atoms with E-state index in [0.717, 1.165) is 15.6 Å². The largest absolute Gasteiger partial charge is 0.316 e. The number of nitrogens with zero attached hydrogens (tertiary/aromatic N) is 1. The maximum Gasteiger partial charge on any atom is 0.243 e. The Bertz CT molecular complexity index is 621. The van der Waals surface area contributed by atoms with E-state index in [-0.39, 0.29) is 0 Å². The normalized spacial score (nSPS) is 23.7. The number of halogens is 1. The van der Waals surface area contributed by atoms with E-state index in [1.165, 1.54) is 0 Å². The van der Waals surface area contributed by atoms with Gasteiger partial charge < -0.3 is 5.32 Å². The van der Waals surface area contributed by atoms with Gasteiger partial charge in [-0.05, 0) is 49.1 Å². The van der Waals surface area contributed by atoms with Crippen LogP contribution in [0.1, 0.15) is 25.0 Å². The van der Waals surface area contributed by atoms with Gasteiger partial charge in [0.15, 0.2) is 0 Å².